The van der Waals surface area contributed by atoms with Gasteiger partial charge < -0.3 is 0 Å². The Labute approximate surface area is 85.6 Å². The van der Waals surface area contributed by atoms with Crippen molar-refractivity contribution >= 4 is 5.78 Å². The first kappa shape index (κ1) is 9.45. The fourth-order valence-corrected chi connectivity index (χ4v) is 1.18. The van der Waals surface area contributed by atoms with Crippen LogP contribution in [0.3, 0.4) is 0 Å². The van der Waals surface area contributed by atoms with Crippen LogP contribution in [0.1, 0.15) is 15.9 Å². The van der Waals surface area contributed by atoms with E-state index >= 15 is 0 Å². The Morgan fingerprint density at radius 3 is 2.20 bits per heavy atom. The number of carbonyl (C=O) groups is 1. The van der Waals surface area contributed by atoms with Crippen molar-refractivity contribution in [3.63, 3.8) is 0 Å². The van der Waals surface area contributed by atoms with Crippen molar-refractivity contribution in [1.82, 2.24) is 9.97 Å². The topological polar surface area (TPSA) is 42.9 Å². The Kier molecular flexibility index (Phi) is 2.49. The van der Waals surface area contributed by atoms with E-state index in [0.717, 1.165) is 0 Å². The second-order valence-corrected chi connectivity index (χ2v) is 2.96. The van der Waals surface area contributed by atoms with E-state index in [1.165, 1.54) is 43.0 Å². The number of nitrogens with zero attached hydrogens (tertiary/aromatic N) is 2. The molecule has 1 heterocycles. The molecule has 0 aliphatic carbocycles. The lowest BCUT2D eigenvalue weighted by molar-refractivity contribution is 0.103. The maximum Gasteiger partial charge on any atom is 0.196 e. The quantitative estimate of drug-likeness (QED) is 0.698. The Balaban J connectivity index is 2.33. The summed E-state index contributed by atoms with van der Waals surface area (Å²) in [5.74, 6) is -0.577. The summed E-state index contributed by atoms with van der Waals surface area (Å²) in [5, 5.41) is 0. The summed E-state index contributed by atoms with van der Waals surface area (Å²) in [5.41, 5.74) is 0.815. The van der Waals surface area contributed by atoms with Gasteiger partial charge in [0.2, 0.25) is 0 Å². The van der Waals surface area contributed by atoms with Gasteiger partial charge in [0.05, 0.1) is 5.56 Å². The Bertz CT molecular complexity index is 468. The van der Waals surface area contributed by atoms with Crippen LogP contribution >= 0.6 is 0 Å². The van der Waals surface area contributed by atoms with Crippen LogP contribution in [0.5, 0.6) is 0 Å². The van der Waals surface area contributed by atoms with Gasteiger partial charge in [-0.05, 0) is 24.3 Å². The summed E-state index contributed by atoms with van der Waals surface area (Å²) < 4.78 is 12.6. The molecule has 0 aliphatic heterocycles. The zero-order chi connectivity index (χ0) is 10.7. The summed E-state index contributed by atoms with van der Waals surface area (Å²) in [6.07, 6.45) is 4.21. The van der Waals surface area contributed by atoms with Crippen LogP contribution in [-0.4, -0.2) is 15.8 Å². The van der Waals surface area contributed by atoms with Crippen LogP contribution in [-0.2, 0) is 0 Å². The third-order valence-corrected chi connectivity index (χ3v) is 1.93. The monoisotopic (exact) mass is 202 g/mol. The molecule has 4 heteroatoms. The number of benzene rings is 1. The largest absolute Gasteiger partial charge is 0.288 e. The van der Waals surface area contributed by atoms with Crippen molar-refractivity contribution in [3.8, 4) is 0 Å². The highest BCUT2D eigenvalue weighted by Crippen LogP contribution is 2.08. The first-order chi connectivity index (χ1) is 7.27. The van der Waals surface area contributed by atoms with Gasteiger partial charge in [-0.15, -0.1) is 0 Å². The van der Waals surface area contributed by atoms with E-state index in [0.29, 0.717) is 11.1 Å². The van der Waals surface area contributed by atoms with Gasteiger partial charge in [-0.1, -0.05) is 0 Å². The molecule has 0 saturated heterocycles. The van der Waals surface area contributed by atoms with Gasteiger partial charge in [-0.3, -0.25) is 4.79 Å². The highest BCUT2D eigenvalue weighted by atomic mass is 19.1. The van der Waals surface area contributed by atoms with Crippen LogP contribution in [0.15, 0.2) is 43.0 Å². The maximum atomic E-state index is 12.6. The third-order valence-electron chi connectivity index (χ3n) is 1.93. The minimum absolute atomic E-state index is 0.212. The molecule has 0 amide bonds. The smallest absolute Gasteiger partial charge is 0.196 e. The van der Waals surface area contributed by atoms with Crippen molar-refractivity contribution in [2.75, 3.05) is 0 Å². The van der Waals surface area contributed by atoms with Gasteiger partial charge in [0.25, 0.3) is 0 Å². The average Bonchev–Trinajstić information content (AvgIpc) is 2.30. The molecule has 2 aromatic rings. The minimum Gasteiger partial charge on any atom is -0.288 e. The predicted octanol–water partition coefficient (Wildman–Crippen LogP) is 1.85. The number of ketones is 1. The van der Waals surface area contributed by atoms with Crippen molar-refractivity contribution in [2.45, 2.75) is 0 Å². The highest BCUT2D eigenvalue weighted by molar-refractivity contribution is 6.08. The fourth-order valence-electron chi connectivity index (χ4n) is 1.18. The zero-order valence-electron chi connectivity index (χ0n) is 7.72. The first-order valence-corrected chi connectivity index (χ1v) is 4.32. The van der Waals surface area contributed by atoms with E-state index in [2.05, 4.69) is 9.97 Å². The molecular weight excluding hydrogens is 195 g/mol. The standard InChI is InChI=1S/C11H7FN2O/c12-10-3-1-8(2-4-10)11(15)9-5-13-7-14-6-9/h1-7H. The van der Waals surface area contributed by atoms with Crippen LogP contribution in [0, 0.1) is 5.82 Å². The third kappa shape index (κ3) is 2.04. The Hall–Kier alpha value is -2.10. The molecule has 0 radical (unpaired) electrons. The Morgan fingerprint density at radius 2 is 1.60 bits per heavy atom. The molecule has 0 bridgehead atoms. The number of hydrogen-bond donors (Lipinski definition) is 0. The molecule has 15 heavy (non-hydrogen) atoms. The van der Waals surface area contributed by atoms with Gasteiger partial charge in [0.15, 0.2) is 5.78 Å². The van der Waals surface area contributed by atoms with Crippen LogP contribution in [0.2, 0.25) is 0 Å². The summed E-state index contributed by atoms with van der Waals surface area (Å²) in [6.45, 7) is 0. The molecule has 0 spiro atoms. The summed E-state index contributed by atoms with van der Waals surface area (Å²) >= 11 is 0. The van der Waals surface area contributed by atoms with Crippen LogP contribution in [0.25, 0.3) is 0 Å². The second-order valence-electron chi connectivity index (χ2n) is 2.96. The lowest BCUT2D eigenvalue weighted by atomic mass is 10.1. The van der Waals surface area contributed by atoms with Crippen LogP contribution in [0.4, 0.5) is 4.39 Å². The zero-order valence-corrected chi connectivity index (χ0v) is 7.72. The molecular formula is C11H7FN2O. The van der Waals surface area contributed by atoms with Gasteiger partial charge in [0, 0.05) is 18.0 Å². The normalized spacial score (nSPS) is 9.93. The Morgan fingerprint density at radius 1 is 1.00 bits per heavy atom. The summed E-state index contributed by atoms with van der Waals surface area (Å²) in [7, 11) is 0. The van der Waals surface area contributed by atoms with E-state index in [-0.39, 0.29) is 11.6 Å². The second kappa shape index (κ2) is 3.96. The summed E-state index contributed by atoms with van der Waals surface area (Å²) in [6, 6.07) is 5.36. The average molecular weight is 202 g/mol. The fraction of sp³-hybridized carbons (Fsp3) is 0. The van der Waals surface area contributed by atoms with E-state index < -0.39 is 0 Å². The van der Waals surface area contributed by atoms with Crippen LogP contribution < -0.4 is 0 Å². The number of halogens is 1. The van der Waals surface area contributed by atoms with E-state index in [4.69, 9.17) is 0 Å². The predicted molar refractivity (Wildman–Crippen MR) is 51.9 cm³/mol. The number of aromatic nitrogens is 2. The SMILES string of the molecule is O=C(c1ccc(F)cc1)c1cncnc1. The molecule has 3 nitrogen and oxygen atoms in total. The summed E-state index contributed by atoms with van der Waals surface area (Å²) in [4.78, 5) is 19.2. The van der Waals surface area contributed by atoms with Crippen molar-refractivity contribution in [3.05, 3.63) is 59.9 Å². The maximum absolute atomic E-state index is 12.6. The number of rotatable bonds is 2. The first-order valence-electron chi connectivity index (χ1n) is 4.32. The molecule has 1 aromatic heterocycles. The molecule has 74 valence electrons. The van der Waals surface area contributed by atoms with Gasteiger partial charge in [0.1, 0.15) is 12.1 Å². The van der Waals surface area contributed by atoms with Gasteiger partial charge >= 0.3 is 0 Å². The molecule has 0 aliphatic rings. The molecule has 0 unspecified atom stereocenters. The minimum atomic E-state index is -0.365. The van der Waals surface area contributed by atoms with Crippen molar-refractivity contribution in [2.24, 2.45) is 0 Å². The molecule has 0 saturated carbocycles. The van der Waals surface area contributed by atoms with E-state index in [1.807, 2.05) is 0 Å². The molecule has 0 N–H and O–H groups in total. The number of hydrogen-bond acceptors (Lipinski definition) is 3. The molecule has 2 rings (SSSR count). The van der Waals surface area contributed by atoms with Crippen molar-refractivity contribution < 1.29 is 9.18 Å². The molecule has 1 aromatic carbocycles. The van der Waals surface area contributed by atoms with Gasteiger partial charge in [-0.25, -0.2) is 14.4 Å². The highest BCUT2D eigenvalue weighted by Gasteiger charge is 2.08. The number of carbonyl (C=O) groups excluding carboxylic acids is 1. The lowest BCUT2D eigenvalue weighted by Crippen LogP contribution is -2.02. The van der Waals surface area contributed by atoms with Crippen molar-refractivity contribution in [1.29, 1.82) is 0 Å². The lowest BCUT2D eigenvalue weighted by Gasteiger charge is -1.99. The van der Waals surface area contributed by atoms with Gasteiger partial charge in [-0.2, -0.15) is 0 Å². The van der Waals surface area contributed by atoms with E-state index in [1.54, 1.807) is 0 Å². The van der Waals surface area contributed by atoms with E-state index in [9.17, 15) is 9.18 Å². The molecule has 0 fully saturated rings. The molecule has 0 atom stereocenters.